The third-order valence-electron chi connectivity index (χ3n) is 3.87. The number of ether oxygens (including phenoxy) is 1. The molecule has 1 fully saturated rings. The fraction of sp³-hybridized carbons (Fsp3) is 0.556. The fourth-order valence-corrected chi connectivity index (χ4v) is 2.35. The molecule has 114 valence electrons. The Hall–Kier alpha value is -1.50. The molecular formula is C18H25NO2. The SMILES string of the molecule is CC1CC1CN(C)CCOc1cccc(C#CCCO)c1. The van der Waals surface area contributed by atoms with Crippen LogP contribution in [0.2, 0.25) is 0 Å². The van der Waals surface area contributed by atoms with Crippen LogP contribution in [-0.4, -0.2) is 43.4 Å². The summed E-state index contributed by atoms with van der Waals surface area (Å²) in [7, 11) is 2.16. The van der Waals surface area contributed by atoms with Gasteiger partial charge in [-0.15, -0.1) is 0 Å². The van der Waals surface area contributed by atoms with Crippen LogP contribution < -0.4 is 4.74 Å². The topological polar surface area (TPSA) is 32.7 Å². The predicted molar refractivity (Wildman–Crippen MR) is 85.3 cm³/mol. The first-order chi connectivity index (χ1) is 10.2. The summed E-state index contributed by atoms with van der Waals surface area (Å²) in [6.07, 6.45) is 1.88. The molecule has 2 rings (SSSR count). The number of likely N-dealkylation sites (N-methyl/N-ethyl adjacent to an activating group) is 1. The molecular weight excluding hydrogens is 262 g/mol. The van der Waals surface area contributed by atoms with Crippen LogP contribution in [0.1, 0.15) is 25.3 Å². The molecule has 0 bridgehead atoms. The van der Waals surface area contributed by atoms with Crippen molar-refractivity contribution in [3.8, 4) is 17.6 Å². The Morgan fingerprint density at radius 3 is 2.95 bits per heavy atom. The highest BCUT2D eigenvalue weighted by Gasteiger charge is 2.32. The first-order valence-electron chi connectivity index (χ1n) is 7.70. The van der Waals surface area contributed by atoms with Crippen LogP contribution in [0.25, 0.3) is 0 Å². The van der Waals surface area contributed by atoms with Crippen LogP contribution in [-0.2, 0) is 0 Å². The molecule has 3 nitrogen and oxygen atoms in total. The standard InChI is InChI=1S/C18H25NO2/c1-15-12-17(15)14-19(2)9-11-21-18-8-5-7-16(13-18)6-3-4-10-20/h5,7-8,13,15,17,20H,4,9-12,14H2,1-2H3. The number of aliphatic hydroxyl groups excluding tert-OH is 1. The van der Waals surface area contributed by atoms with Gasteiger partial charge < -0.3 is 14.7 Å². The van der Waals surface area contributed by atoms with E-state index >= 15 is 0 Å². The molecule has 2 atom stereocenters. The Kier molecular flexibility index (Phi) is 6.10. The normalized spacial score (nSPS) is 20.0. The molecule has 3 heteroatoms. The molecule has 0 aromatic heterocycles. The molecule has 0 radical (unpaired) electrons. The summed E-state index contributed by atoms with van der Waals surface area (Å²) in [4.78, 5) is 2.35. The molecule has 1 saturated carbocycles. The van der Waals surface area contributed by atoms with Crippen molar-refractivity contribution in [1.29, 1.82) is 0 Å². The molecule has 1 aromatic rings. The van der Waals surface area contributed by atoms with E-state index in [0.29, 0.717) is 13.0 Å². The maximum Gasteiger partial charge on any atom is 0.120 e. The Bertz CT molecular complexity index is 503. The summed E-state index contributed by atoms with van der Waals surface area (Å²) >= 11 is 0. The molecule has 0 heterocycles. The minimum atomic E-state index is 0.106. The molecule has 1 aliphatic carbocycles. The lowest BCUT2D eigenvalue weighted by Gasteiger charge is -2.16. The molecule has 1 aromatic carbocycles. The zero-order valence-electron chi connectivity index (χ0n) is 13.0. The summed E-state index contributed by atoms with van der Waals surface area (Å²) < 4.78 is 5.79. The lowest BCUT2D eigenvalue weighted by molar-refractivity contribution is 0.230. The lowest BCUT2D eigenvalue weighted by atomic mass is 10.2. The average molecular weight is 287 g/mol. The van der Waals surface area contributed by atoms with E-state index in [9.17, 15) is 0 Å². The molecule has 0 saturated heterocycles. The number of aliphatic hydroxyl groups is 1. The molecule has 1 N–H and O–H groups in total. The summed E-state index contributed by atoms with van der Waals surface area (Å²) in [5.41, 5.74) is 0.932. The van der Waals surface area contributed by atoms with Crippen LogP contribution in [0.15, 0.2) is 24.3 Å². The van der Waals surface area contributed by atoms with Gasteiger partial charge >= 0.3 is 0 Å². The van der Waals surface area contributed by atoms with Crippen LogP contribution in [0.4, 0.5) is 0 Å². The molecule has 0 spiro atoms. The maximum atomic E-state index is 8.72. The highest BCUT2D eigenvalue weighted by atomic mass is 16.5. The smallest absolute Gasteiger partial charge is 0.120 e. The van der Waals surface area contributed by atoms with Gasteiger partial charge in [-0.25, -0.2) is 0 Å². The van der Waals surface area contributed by atoms with Gasteiger partial charge in [0, 0.05) is 25.1 Å². The number of rotatable bonds is 7. The minimum absolute atomic E-state index is 0.106. The minimum Gasteiger partial charge on any atom is -0.492 e. The first-order valence-corrected chi connectivity index (χ1v) is 7.70. The molecule has 2 unspecified atom stereocenters. The van der Waals surface area contributed by atoms with E-state index in [1.807, 2.05) is 24.3 Å². The second kappa shape index (κ2) is 8.07. The number of hydrogen-bond donors (Lipinski definition) is 1. The quantitative estimate of drug-likeness (QED) is 0.782. The van der Waals surface area contributed by atoms with Crippen molar-refractivity contribution in [2.24, 2.45) is 11.8 Å². The van der Waals surface area contributed by atoms with Gasteiger partial charge in [0.05, 0.1) is 6.61 Å². The van der Waals surface area contributed by atoms with Crippen molar-refractivity contribution in [2.75, 3.05) is 33.4 Å². The van der Waals surface area contributed by atoms with Gasteiger partial charge in [0.2, 0.25) is 0 Å². The van der Waals surface area contributed by atoms with Gasteiger partial charge in [-0.2, -0.15) is 0 Å². The van der Waals surface area contributed by atoms with Crippen molar-refractivity contribution in [1.82, 2.24) is 4.90 Å². The summed E-state index contributed by atoms with van der Waals surface area (Å²) in [5.74, 6) is 8.60. The van der Waals surface area contributed by atoms with Crippen LogP contribution in [0.3, 0.4) is 0 Å². The zero-order valence-corrected chi connectivity index (χ0v) is 13.0. The molecule has 0 amide bonds. The van der Waals surface area contributed by atoms with Crippen molar-refractivity contribution in [3.05, 3.63) is 29.8 Å². The van der Waals surface area contributed by atoms with Crippen molar-refractivity contribution < 1.29 is 9.84 Å². The van der Waals surface area contributed by atoms with E-state index in [1.54, 1.807) is 0 Å². The van der Waals surface area contributed by atoms with E-state index in [1.165, 1.54) is 13.0 Å². The second-order valence-corrected chi connectivity index (χ2v) is 5.89. The third kappa shape index (κ3) is 5.79. The highest BCUT2D eigenvalue weighted by Crippen LogP contribution is 2.37. The van der Waals surface area contributed by atoms with Gasteiger partial charge in [0.25, 0.3) is 0 Å². The number of benzene rings is 1. The lowest BCUT2D eigenvalue weighted by Crippen LogP contribution is -2.26. The van der Waals surface area contributed by atoms with E-state index < -0.39 is 0 Å². The van der Waals surface area contributed by atoms with E-state index in [-0.39, 0.29) is 6.61 Å². The molecule has 21 heavy (non-hydrogen) atoms. The summed E-state index contributed by atoms with van der Waals surface area (Å²) in [5, 5.41) is 8.72. The van der Waals surface area contributed by atoms with Crippen molar-refractivity contribution in [2.45, 2.75) is 19.8 Å². The van der Waals surface area contributed by atoms with Gasteiger partial charge in [0.15, 0.2) is 0 Å². The monoisotopic (exact) mass is 287 g/mol. The summed E-state index contributed by atoms with van der Waals surface area (Å²) in [6.45, 7) is 5.25. The van der Waals surface area contributed by atoms with Gasteiger partial charge in [-0.1, -0.05) is 24.8 Å². The maximum absolute atomic E-state index is 8.72. The van der Waals surface area contributed by atoms with E-state index in [4.69, 9.17) is 9.84 Å². The Labute approximate surface area is 127 Å². The largest absolute Gasteiger partial charge is 0.492 e. The summed E-state index contributed by atoms with van der Waals surface area (Å²) in [6, 6.07) is 7.82. The van der Waals surface area contributed by atoms with Crippen molar-refractivity contribution in [3.63, 3.8) is 0 Å². The zero-order chi connectivity index (χ0) is 15.1. The van der Waals surface area contributed by atoms with Gasteiger partial charge in [0.1, 0.15) is 12.4 Å². The Morgan fingerprint density at radius 2 is 2.24 bits per heavy atom. The first kappa shape index (κ1) is 15.9. The third-order valence-corrected chi connectivity index (χ3v) is 3.87. The second-order valence-electron chi connectivity index (χ2n) is 5.89. The van der Waals surface area contributed by atoms with Crippen LogP contribution in [0, 0.1) is 23.7 Å². The number of nitrogens with zero attached hydrogens (tertiary/aromatic N) is 1. The van der Waals surface area contributed by atoms with Crippen LogP contribution in [0.5, 0.6) is 5.75 Å². The fourth-order valence-electron chi connectivity index (χ4n) is 2.35. The Balaban J connectivity index is 1.72. The van der Waals surface area contributed by atoms with Crippen LogP contribution >= 0.6 is 0 Å². The molecule has 0 aliphatic heterocycles. The average Bonchev–Trinajstić information content (AvgIpc) is 3.15. The van der Waals surface area contributed by atoms with Crippen molar-refractivity contribution >= 4 is 0 Å². The predicted octanol–water partition coefficient (Wildman–Crippen LogP) is 2.39. The highest BCUT2D eigenvalue weighted by molar-refractivity contribution is 5.39. The molecule has 1 aliphatic rings. The Morgan fingerprint density at radius 1 is 1.43 bits per heavy atom. The van der Waals surface area contributed by atoms with Gasteiger partial charge in [-0.3, -0.25) is 0 Å². The van der Waals surface area contributed by atoms with E-state index in [0.717, 1.165) is 29.7 Å². The van der Waals surface area contributed by atoms with E-state index in [2.05, 4.69) is 30.7 Å². The van der Waals surface area contributed by atoms with Gasteiger partial charge in [-0.05, 0) is 43.5 Å². The number of hydrogen-bond acceptors (Lipinski definition) is 3.